The third-order valence-corrected chi connectivity index (χ3v) is 3.55. The second-order valence-electron chi connectivity index (χ2n) is 5.62. The molecule has 1 unspecified atom stereocenters. The lowest BCUT2D eigenvalue weighted by Gasteiger charge is -2.11. The van der Waals surface area contributed by atoms with Crippen LogP contribution in [0.4, 0.5) is 0 Å². The molecule has 0 aliphatic heterocycles. The number of tetrazole rings is 1. The van der Waals surface area contributed by atoms with Gasteiger partial charge in [0.05, 0.1) is 18.7 Å². The van der Waals surface area contributed by atoms with Gasteiger partial charge in [0.15, 0.2) is 0 Å². The first kappa shape index (κ1) is 18.5. The number of benzene rings is 1. The van der Waals surface area contributed by atoms with Crippen LogP contribution >= 0.6 is 0 Å². The lowest BCUT2D eigenvalue weighted by molar-refractivity contribution is 0.0526. The van der Waals surface area contributed by atoms with Crippen molar-refractivity contribution >= 4 is 5.97 Å². The number of hydrogen-bond acceptors (Lipinski definition) is 8. The summed E-state index contributed by atoms with van der Waals surface area (Å²) in [6.45, 7) is 2.25. The van der Waals surface area contributed by atoms with Gasteiger partial charge in [0, 0.05) is 18.0 Å². The van der Waals surface area contributed by atoms with E-state index >= 15 is 0 Å². The molecule has 0 saturated carbocycles. The van der Waals surface area contributed by atoms with Gasteiger partial charge in [-0.3, -0.25) is 4.98 Å². The largest absolute Gasteiger partial charge is 0.491 e. The molecule has 3 rings (SSSR count). The normalized spacial score (nSPS) is 11.8. The molecule has 2 heterocycles. The van der Waals surface area contributed by atoms with Crippen molar-refractivity contribution in [3.05, 3.63) is 54.4 Å². The summed E-state index contributed by atoms with van der Waals surface area (Å²) in [5.74, 6) is 0.584. The molecule has 0 aliphatic carbocycles. The van der Waals surface area contributed by atoms with Crippen molar-refractivity contribution in [1.82, 2.24) is 25.2 Å². The van der Waals surface area contributed by atoms with Crippen molar-refractivity contribution < 1.29 is 19.4 Å². The lowest BCUT2D eigenvalue weighted by atomic mass is 10.2. The average Bonchev–Trinajstić information content (AvgIpc) is 3.16. The number of ether oxygens (including phenoxy) is 2. The van der Waals surface area contributed by atoms with E-state index in [9.17, 15) is 9.90 Å². The predicted octanol–water partition coefficient (Wildman–Crippen LogP) is 1.35. The molecule has 0 amide bonds. The quantitative estimate of drug-likeness (QED) is 0.592. The zero-order valence-corrected chi connectivity index (χ0v) is 14.7. The van der Waals surface area contributed by atoms with Gasteiger partial charge in [-0.05, 0) is 48.5 Å². The van der Waals surface area contributed by atoms with Gasteiger partial charge in [0.2, 0.25) is 5.82 Å². The van der Waals surface area contributed by atoms with E-state index in [1.807, 2.05) is 6.07 Å². The Kier molecular flexibility index (Phi) is 6.06. The SMILES string of the molecule is CCOC(=O)c1ccc(OCC(O)Cn2nnc(-c3cccnc3)n2)cc1. The third-order valence-electron chi connectivity index (χ3n) is 3.55. The number of aromatic nitrogens is 5. The smallest absolute Gasteiger partial charge is 0.338 e. The lowest BCUT2D eigenvalue weighted by Crippen LogP contribution is -2.25. The van der Waals surface area contributed by atoms with Gasteiger partial charge in [-0.15, -0.1) is 10.2 Å². The number of hydrogen-bond donors (Lipinski definition) is 1. The number of carbonyl (C=O) groups excluding carboxylic acids is 1. The van der Waals surface area contributed by atoms with Gasteiger partial charge in [0.25, 0.3) is 0 Å². The Morgan fingerprint density at radius 3 is 2.78 bits per heavy atom. The summed E-state index contributed by atoms with van der Waals surface area (Å²) in [4.78, 5) is 16.9. The Balaban J connectivity index is 1.50. The van der Waals surface area contributed by atoms with Crippen LogP contribution in [0.15, 0.2) is 48.8 Å². The molecule has 0 radical (unpaired) electrons. The van der Waals surface area contributed by atoms with Gasteiger partial charge in [-0.25, -0.2) is 4.79 Å². The summed E-state index contributed by atoms with van der Waals surface area (Å²) < 4.78 is 10.4. The fourth-order valence-corrected chi connectivity index (χ4v) is 2.27. The zero-order valence-electron chi connectivity index (χ0n) is 14.7. The Morgan fingerprint density at radius 2 is 2.07 bits per heavy atom. The maximum Gasteiger partial charge on any atom is 0.338 e. The van der Waals surface area contributed by atoms with Crippen molar-refractivity contribution in [1.29, 1.82) is 0 Å². The van der Waals surface area contributed by atoms with Crippen LogP contribution < -0.4 is 4.74 Å². The first-order chi connectivity index (χ1) is 13.2. The highest BCUT2D eigenvalue weighted by Gasteiger charge is 2.12. The Labute approximate surface area is 155 Å². The second kappa shape index (κ2) is 8.86. The van der Waals surface area contributed by atoms with Gasteiger partial charge < -0.3 is 14.6 Å². The minimum absolute atomic E-state index is 0.0442. The molecular weight excluding hydrogens is 350 g/mol. The molecule has 0 bridgehead atoms. The molecule has 27 heavy (non-hydrogen) atoms. The summed E-state index contributed by atoms with van der Waals surface area (Å²) in [7, 11) is 0. The van der Waals surface area contributed by atoms with Crippen LogP contribution in [0.1, 0.15) is 17.3 Å². The Bertz CT molecular complexity index is 867. The van der Waals surface area contributed by atoms with Crippen molar-refractivity contribution in [3.63, 3.8) is 0 Å². The molecule has 1 aromatic carbocycles. The Hall–Kier alpha value is -3.33. The Morgan fingerprint density at radius 1 is 1.26 bits per heavy atom. The van der Waals surface area contributed by atoms with E-state index in [4.69, 9.17) is 9.47 Å². The number of pyridine rings is 1. The summed E-state index contributed by atoms with van der Waals surface area (Å²) in [5.41, 5.74) is 1.19. The molecule has 9 nitrogen and oxygen atoms in total. The topological polar surface area (TPSA) is 112 Å². The highest BCUT2D eigenvalue weighted by Crippen LogP contribution is 2.14. The first-order valence-electron chi connectivity index (χ1n) is 8.42. The standard InChI is InChI=1S/C18H19N5O4/c1-2-26-18(25)13-5-7-16(8-6-13)27-12-15(24)11-23-21-17(20-22-23)14-4-3-9-19-10-14/h3-10,15,24H,2,11-12H2,1H3. The first-order valence-corrected chi connectivity index (χ1v) is 8.42. The fraction of sp³-hybridized carbons (Fsp3) is 0.278. The van der Waals surface area contributed by atoms with Crippen LogP contribution in [0.5, 0.6) is 5.75 Å². The zero-order chi connectivity index (χ0) is 19.1. The molecule has 0 saturated heterocycles. The van der Waals surface area contributed by atoms with Crippen LogP contribution in [0.3, 0.4) is 0 Å². The maximum atomic E-state index is 11.6. The van der Waals surface area contributed by atoms with Crippen LogP contribution in [-0.2, 0) is 11.3 Å². The highest BCUT2D eigenvalue weighted by molar-refractivity contribution is 5.89. The number of rotatable bonds is 8. The monoisotopic (exact) mass is 369 g/mol. The van der Waals surface area contributed by atoms with E-state index in [0.717, 1.165) is 5.56 Å². The molecule has 9 heteroatoms. The summed E-state index contributed by atoms with van der Waals surface area (Å²) >= 11 is 0. The van der Waals surface area contributed by atoms with E-state index in [-0.39, 0.29) is 19.1 Å². The molecule has 140 valence electrons. The van der Waals surface area contributed by atoms with E-state index in [1.165, 1.54) is 4.80 Å². The molecule has 1 N–H and O–H groups in total. The predicted molar refractivity (Wildman–Crippen MR) is 94.9 cm³/mol. The van der Waals surface area contributed by atoms with Gasteiger partial charge >= 0.3 is 5.97 Å². The van der Waals surface area contributed by atoms with Crippen LogP contribution in [0, 0.1) is 0 Å². The van der Waals surface area contributed by atoms with Crippen molar-refractivity contribution in [2.75, 3.05) is 13.2 Å². The molecular formula is C18H19N5O4. The minimum atomic E-state index is -0.828. The summed E-state index contributed by atoms with van der Waals surface area (Å²) in [6.07, 6.45) is 2.47. The van der Waals surface area contributed by atoms with Crippen LogP contribution in [0.25, 0.3) is 11.4 Å². The van der Waals surface area contributed by atoms with Crippen molar-refractivity contribution in [2.24, 2.45) is 0 Å². The number of carbonyl (C=O) groups is 1. The number of aliphatic hydroxyl groups excluding tert-OH is 1. The van der Waals surface area contributed by atoms with Crippen molar-refractivity contribution in [2.45, 2.75) is 19.6 Å². The second-order valence-corrected chi connectivity index (χ2v) is 5.62. The molecule has 1 atom stereocenters. The number of esters is 1. The van der Waals surface area contributed by atoms with Crippen LogP contribution in [-0.4, -0.2) is 55.6 Å². The minimum Gasteiger partial charge on any atom is -0.491 e. The fourth-order valence-electron chi connectivity index (χ4n) is 2.27. The van der Waals surface area contributed by atoms with Crippen molar-refractivity contribution in [3.8, 4) is 17.1 Å². The molecule has 0 fully saturated rings. The van der Waals surface area contributed by atoms with E-state index in [1.54, 1.807) is 49.6 Å². The summed E-state index contributed by atoms with van der Waals surface area (Å²) in [5, 5.41) is 22.2. The molecule has 0 spiro atoms. The molecule has 0 aliphatic rings. The average molecular weight is 369 g/mol. The maximum absolute atomic E-state index is 11.6. The van der Waals surface area contributed by atoms with Gasteiger partial charge in [-0.2, -0.15) is 4.80 Å². The van der Waals surface area contributed by atoms with Gasteiger partial charge in [0.1, 0.15) is 18.5 Å². The molecule has 2 aromatic heterocycles. The number of aliphatic hydroxyl groups is 1. The third kappa shape index (κ3) is 5.08. The van der Waals surface area contributed by atoms with E-state index in [0.29, 0.717) is 23.7 Å². The van der Waals surface area contributed by atoms with E-state index < -0.39 is 6.10 Å². The van der Waals surface area contributed by atoms with Gasteiger partial charge in [-0.1, -0.05) is 0 Å². The van der Waals surface area contributed by atoms with Crippen LogP contribution in [0.2, 0.25) is 0 Å². The molecule has 3 aromatic rings. The highest BCUT2D eigenvalue weighted by atomic mass is 16.5. The summed E-state index contributed by atoms with van der Waals surface area (Å²) in [6, 6.07) is 10.1. The van der Waals surface area contributed by atoms with E-state index in [2.05, 4.69) is 20.4 Å². The number of nitrogens with zero attached hydrogens (tertiary/aromatic N) is 5.